The van der Waals surface area contributed by atoms with Gasteiger partial charge in [0.15, 0.2) is 0 Å². The third-order valence-electron chi connectivity index (χ3n) is 5.37. The van der Waals surface area contributed by atoms with Crippen molar-refractivity contribution in [2.75, 3.05) is 31.0 Å². The Kier molecular flexibility index (Phi) is 8.17. The molecule has 0 spiro atoms. The molecule has 0 bridgehead atoms. The molecule has 1 N–H and O–H groups in total. The van der Waals surface area contributed by atoms with Crippen molar-refractivity contribution in [2.45, 2.75) is 44.8 Å². The van der Waals surface area contributed by atoms with E-state index in [0.29, 0.717) is 42.0 Å². The first-order valence-corrected chi connectivity index (χ1v) is 12.6. The van der Waals surface area contributed by atoms with Gasteiger partial charge in [-0.3, -0.25) is 0 Å². The zero-order valence-corrected chi connectivity index (χ0v) is 20.0. The summed E-state index contributed by atoms with van der Waals surface area (Å²) in [6, 6.07) is 5.79. The van der Waals surface area contributed by atoms with Gasteiger partial charge in [-0.1, -0.05) is 26.0 Å². The predicted octanol–water partition coefficient (Wildman–Crippen LogP) is 3.33. The second-order valence-corrected chi connectivity index (χ2v) is 10.3. The summed E-state index contributed by atoms with van der Waals surface area (Å²) in [7, 11) is -2.21. The highest BCUT2D eigenvalue weighted by atomic mass is 32.2. The Morgan fingerprint density at radius 3 is 2.55 bits per heavy atom. The highest BCUT2D eigenvalue weighted by Crippen LogP contribution is 2.31. The summed E-state index contributed by atoms with van der Waals surface area (Å²) in [6.07, 6.45) is 4.72. The standard InChI is InChI=1S/C23H30FN3O5S/c1-15(2)21-20(10-9-18(28)13-19-11-12-31-14-32-19)22(16-5-7-17(24)8-6-16)26-23(25-21)27(3)33(4,29)30/h5-10,15,18-19,28H,11-14H2,1-4H3/b10-9+/t18?,19-/m0/s1. The predicted molar refractivity (Wildman–Crippen MR) is 125 cm³/mol. The van der Waals surface area contributed by atoms with E-state index in [4.69, 9.17) is 9.47 Å². The van der Waals surface area contributed by atoms with Crippen LogP contribution in [-0.2, 0) is 19.5 Å². The third-order valence-corrected chi connectivity index (χ3v) is 6.53. The molecule has 3 rings (SSSR count). The Labute approximate surface area is 194 Å². The van der Waals surface area contributed by atoms with Gasteiger partial charge in [0, 0.05) is 24.6 Å². The fourth-order valence-electron chi connectivity index (χ4n) is 3.44. The molecular formula is C23H30FN3O5S. The summed E-state index contributed by atoms with van der Waals surface area (Å²) in [4.78, 5) is 9.04. The molecule has 0 amide bonds. The van der Waals surface area contributed by atoms with E-state index in [1.165, 1.54) is 19.2 Å². The Hall–Kier alpha value is -2.40. The number of halogens is 1. The van der Waals surface area contributed by atoms with Gasteiger partial charge in [-0.25, -0.2) is 27.1 Å². The van der Waals surface area contributed by atoms with Crippen LogP contribution in [0.2, 0.25) is 0 Å². The second kappa shape index (κ2) is 10.7. The number of rotatable bonds is 8. The van der Waals surface area contributed by atoms with Gasteiger partial charge in [0.05, 0.1) is 36.5 Å². The first-order chi connectivity index (χ1) is 15.6. The largest absolute Gasteiger partial charge is 0.389 e. The summed E-state index contributed by atoms with van der Waals surface area (Å²) in [5.41, 5.74) is 2.30. The number of sulfonamides is 1. The maximum absolute atomic E-state index is 13.6. The van der Waals surface area contributed by atoms with Gasteiger partial charge >= 0.3 is 0 Å². The normalized spacial score (nSPS) is 18.1. The first-order valence-electron chi connectivity index (χ1n) is 10.7. The van der Waals surface area contributed by atoms with Crippen molar-refractivity contribution < 1.29 is 27.4 Å². The van der Waals surface area contributed by atoms with E-state index in [-0.39, 0.29) is 24.8 Å². The van der Waals surface area contributed by atoms with Gasteiger partial charge in [-0.05, 0) is 36.6 Å². The van der Waals surface area contributed by atoms with Crippen LogP contribution in [0.4, 0.5) is 10.3 Å². The molecule has 1 aliphatic heterocycles. The topological polar surface area (TPSA) is 102 Å². The molecule has 1 unspecified atom stereocenters. The molecule has 2 aromatic rings. The van der Waals surface area contributed by atoms with Crippen molar-refractivity contribution in [2.24, 2.45) is 0 Å². The number of nitrogens with zero attached hydrogens (tertiary/aromatic N) is 3. The number of hydrogen-bond acceptors (Lipinski definition) is 7. The van der Waals surface area contributed by atoms with Gasteiger partial charge in [0.25, 0.3) is 0 Å². The summed E-state index contributed by atoms with van der Waals surface area (Å²) in [5, 5.41) is 10.6. The first kappa shape index (κ1) is 25.2. The lowest BCUT2D eigenvalue weighted by atomic mass is 9.97. The lowest BCUT2D eigenvalue weighted by Gasteiger charge is -2.24. The maximum Gasteiger partial charge on any atom is 0.239 e. The number of hydrogen-bond donors (Lipinski definition) is 1. The van der Waals surface area contributed by atoms with Crippen molar-refractivity contribution in [1.82, 2.24) is 9.97 Å². The summed E-state index contributed by atoms with van der Waals surface area (Å²) in [6.45, 7) is 4.68. The third kappa shape index (κ3) is 6.57. The van der Waals surface area contributed by atoms with Crippen LogP contribution in [0.1, 0.15) is 43.9 Å². The Morgan fingerprint density at radius 1 is 1.27 bits per heavy atom. The van der Waals surface area contributed by atoms with Crippen LogP contribution < -0.4 is 4.31 Å². The molecule has 1 aliphatic rings. The Morgan fingerprint density at radius 2 is 1.97 bits per heavy atom. The number of aliphatic hydroxyl groups excluding tert-OH is 1. The minimum absolute atomic E-state index is 0.0221. The Balaban J connectivity index is 2.06. The minimum Gasteiger partial charge on any atom is -0.389 e. The van der Waals surface area contributed by atoms with Gasteiger partial charge in [-0.2, -0.15) is 0 Å². The molecule has 0 saturated carbocycles. The van der Waals surface area contributed by atoms with Crippen LogP contribution in [0.15, 0.2) is 30.3 Å². The highest BCUT2D eigenvalue weighted by Gasteiger charge is 2.23. The second-order valence-electron chi connectivity index (χ2n) is 8.33. The smallest absolute Gasteiger partial charge is 0.239 e. The average Bonchev–Trinajstić information content (AvgIpc) is 2.77. The van der Waals surface area contributed by atoms with Crippen molar-refractivity contribution in [3.63, 3.8) is 0 Å². The van der Waals surface area contributed by atoms with E-state index < -0.39 is 21.9 Å². The molecule has 2 heterocycles. The van der Waals surface area contributed by atoms with E-state index >= 15 is 0 Å². The molecule has 1 fully saturated rings. The Bertz CT molecular complexity index is 1080. The number of aliphatic hydroxyl groups is 1. The molecule has 1 aromatic heterocycles. The van der Waals surface area contributed by atoms with E-state index in [9.17, 15) is 17.9 Å². The molecule has 2 atom stereocenters. The van der Waals surface area contributed by atoms with Gasteiger partial charge < -0.3 is 14.6 Å². The molecule has 0 radical (unpaired) electrons. The van der Waals surface area contributed by atoms with Gasteiger partial charge in [0.2, 0.25) is 16.0 Å². The molecule has 33 heavy (non-hydrogen) atoms. The molecule has 1 aromatic carbocycles. The van der Waals surface area contributed by atoms with E-state index in [2.05, 4.69) is 9.97 Å². The molecular weight excluding hydrogens is 449 g/mol. The van der Waals surface area contributed by atoms with Crippen molar-refractivity contribution in [3.8, 4) is 11.3 Å². The highest BCUT2D eigenvalue weighted by molar-refractivity contribution is 7.92. The summed E-state index contributed by atoms with van der Waals surface area (Å²) < 4.78 is 49.5. The van der Waals surface area contributed by atoms with Crippen LogP contribution in [0, 0.1) is 5.82 Å². The maximum atomic E-state index is 13.6. The van der Waals surface area contributed by atoms with Crippen LogP contribution in [0.3, 0.4) is 0 Å². The molecule has 10 heteroatoms. The molecule has 0 aliphatic carbocycles. The van der Waals surface area contributed by atoms with Crippen LogP contribution >= 0.6 is 0 Å². The quantitative estimate of drug-likeness (QED) is 0.620. The van der Waals surface area contributed by atoms with E-state index in [1.807, 2.05) is 13.8 Å². The van der Waals surface area contributed by atoms with E-state index in [0.717, 1.165) is 10.6 Å². The van der Waals surface area contributed by atoms with E-state index in [1.54, 1.807) is 24.3 Å². The van der Waals surface area contributed by atoms with Crippen molar-refractivity contribution in [3.05, 3.63) is 47.4 Å². The zero-order valence-electron chi connectivity index (χ0n) is 19.2. The zero-order chi connectivity index (χ0) is 24.2. The summed E-state index contributed by atoms with van der Waals surface area (Å²) >= 11 is 0. The fourth-order valence-corrected chi connectivity index (χ4v) is 3.82. The molecule has 1 saturated heterocycles. The lowest BCUT2D eigenvalue weighted by molar-refractivity contribution is -0.145. The number of benzene rings is 1. The van der Waals surface area contributed by atoms with Gasteiger partial charge in [-0.15, -0.1) is 0 Å². The van der Waals surface area contributed by atoms with Gasteiger partial charge in [0.1, 0.15) is 12.6 Å². The summed E-state index contributed by atoms with van der Waals surface area (Å²) in [5.74, 6) is -0.447. The van der Waals surface area contributed by atoms with Crippen LogP contribution in [0.5, 0.6) is 0 Å². The number of ether oxygens (including phenoxy) is 2. The SMILES string of the molecule is CC(C)c1nc(N(C)S(C)(=O)=O)nc(-c2ccc(F)cc2)c1/C=C/C(O)C[C@@H]1CCOCO1. The number of anilines is 1. The van der Waals surface area contributed by atoms with Crippen molar-refractivity contribution in [1.29, 1.82) is 0 Å². The average molecular weight is 480 g/mol. The monoisotopic (exact) mass is 479 g/mol. The molecule has 180 valence electrons. The van der Waals surface area contributed by atoms with Crippen LogP contribution in [-0.4, -0.2) is 62.4 Å². The molecule has 8 nitrogen and oxygen atoms in total. The fraction of sp³-hybridized carbons (Fsp3) is 0.478. The van der Waals surface area contributed by atoms with Crippen molar-refractivity contribution >= 4 is 22.0 Å². The minimum atomic E-state index is -3.59. The number of aromatic nitrogens is 2. The lowest BCUT2D eigenvalue weighted by Crippen LogP contribution is -2.28. The van der Waals surface area contributed by atoms with Crippen LogP contribution in [0.25, 0.3) is 17.3 Å².